The van der Waals surface area contributed by atoms with E-state index in [1.807, 2.05) is 0 Å². The lowest BCUT2D eigenvalue weighted by Crippen LogP contribution is -2.37. The number of nitrogens with one attached hydrogen (secondary N) is 1. The van der Waals surface area contributed by atoms with Crippen LogP contribution in [0.3, 0.4) is 0 Å². The summed E-state index contributed by atoms with van der Waals surface area (Å²) in [7, 11) is -0.913. The lowest BCUT2D eigenvalue weighted by Gasteiger charge is -2.24. The molecule has 0 saturated heterocycles. The van der Waals surface area contributed by atoms with Crippen LogP contribution in [0.5, 0.6) is 11.5 Å². The van der Waals surface area contributed by atoms with Gasteiger partial charge in [0.15, 0.2) is 0 Å². The lowest BCUT2D eigenvalue weighted by atomic mass is 10.2. The van der Waals surface area contributed by atoms with E-state index in [0.717, 1.165) is 10.6 Å². The number of ether oxygens (including phenoxy) is 2. The molecular weight excluding hydrogens is 415 g/mol. The Labute approximate surface area is 167 Å². The normalized spacial score (nSPS) is 11.0. The van der Waals surface area contributed by atoms with E-state index in [4.69, 9.17) is 32.7 Å². The predicted molar refractivity (Wildman–Crippen MR) is 107 cm³/mol. The van der Waals surface area contributed by atoms with Crippen LogP contribution in [0.1, 0.15) is 0 Å². The first-order valence-electron chi connectivity index (χ1n) is 7.60. The summed E-state index contributed by atoms with van der Waals surface area (Å²) in [5.41, 5.74) is 0.484. The lowest BCUT2D eigenvalue weighted by molar-refractivity contribution is -0.114. The molecule has 2 aromatic carbocycles. The largest absolute Gasteiger partial charge is 0.497 e. The molecule has 0 spiro atoms. The number of anilines is 2. The minimum atomic E-state index is -3.78. The third-order valence-corrected chi connectivity index (χ3v) is 5.24. The van der Waals surface area contributed by atoms with Crippen molar-refractivity contribution >= 4 is 50.5 Å². The van der Waals surface area contributed by atoms with Crippen LogP contribution in [0.2, 0.25) is 10.0 Å². The molecular formula is C17H18Cl2N2O5S. The maximum absolute atomic E-state index is 12.4. The first-order valence-corrected chi connectivity index (χ1v) is 10.2. The summed E-state index contributed by atoms with van der Waals surface area (Å²) < 4.78 is 35.8. The minimum absolute atomic E-state index is 0.202. The molecule has 0 radical (unpaired) electrons. The van der Waals surface area contributed by atoms with Gasteiger partial charge in [0.05, 0.1) is 36.9 Å². The quantitative estimate of drug-likeness (QED) is 0.724. The van der Waals surface area contributed by atoms with Crippen molar-refractivity contribution in [3.63, 3.8) is 0 Å². The van der Waals surface area contributed by atoms with Crippen molar-refractivity contribution in [3.05, 3.63) is 46.4 Å². The van der Waals surface area contributed by atoms with Crippen LogP contribution >= 0.6 is 23.2 Å². The van der Waals surface area contributed by atoms with E-state index in [1.54, 1.807) is 12.1 Å². The number of benzene rings is 2. The highest BCUT2D eigenvalue weighted by Gasteiger charge is 2.24. The maximum atomic E-state index is 12.4. The highest BCUT2D eigenvalue weighted by Crippen LogP contribution is 2.33. The average molecular weight is 433 g/mol. The van der Waals surface area contributed by atoms with Gasteiger partial charge in [-0.05, 0) is 30.3 Å². The number of sulfonamides is 1. The molecule has 10 heteroatoms. The third kappa shape index (κ3) is 5.41. The van der Waals surface area contributed by atoms with Crippen LogP contribution in [-0.4, -0.2) is 41.3 Å². The van der Waals surface area contributed by atoms with Gasteiger partial charge in [0, 0.05) is 11.1 Å². The Morgan fingerprint density at radius 1 is 1.11 bits per heavy atom. The molecule has 0 unspecified atom stereocenters. The number of carbonyl (C=O) groups is 1. The smallest absolute Gasteiger partial charge is 0.245 e. The molecule has 0 fully saturated rings. The number of hydrogen-bond acceptors (Lipinski definition) is 5. The number of hydrogen-bond donors (Lipinski definition) is 1. The third-order valence-electron chi connectivity index (χ3n) is 3.55. The van der Waals surface area contributed by atoms with Gasteiger partial charge in [-0.25, -0.2) is 8.42 Å². The van der Waals surface area contributed by atoms with E-state index >= 15 is 0 Å². The molecule has 0 aromatic heterocycles. The zero-order valence-corrected chi connectivity index (χ0v) is 17.2. The summed E-state index contributed by atoms with van der Waals surface area (Å²) in [5, 5.41) is 3.22. The van der Waals surface area contributed by atoms with Crippen LogP contribution in [0, 0.1) is 0 Å². The van der Waals surface area contributed by atoms with Crippen molar-refractivity contribution < 1.29 is 22.7 Å². The molecule has 0 aliphatic carbocycles. The van der Waals surface area contributed by atoms with Crippen molar-refractivity contribution in [2.75, 3.05) is 36.6 Å². The Balaban J connectivity index is 2.33. The number of carbonyl (C=O) groups excluding carboxylic acids is 1. The highest BCUT2D eigenvalue weighted by atomic mass is 35.5. The highest BCUT2D eigenvalue weighted by molar-refractivity contribution is 7.92. The molecule has 1 amide bonds. The molecule has 2 rings (SSSR count). The molecule has 7 nitrogen and oxygen atoms in total. The van der Waals surface area contributed by atoms with Crippen molar-refractivity contribution in [2.45, 2.75) is 0 Å². The van der Waals surface area contributed by atoms with Gasteiger partial charge < -0.3 is 14.8 Å². The molecule has 0 aliphatic rings. The maximum Gasteiger partial charge on any atom is 0.245 e. The number of amides is 1. The van der Waals surface area contributed by atoms with Crippen LogP contribution in [0.4, 0.5) is 11.4 Å². The second kappa shape index (κ2) is 8.69. The molecule has 146 valence electrons. The van der Waals surface area contributed by atoms with Gasteiger partial charge in [-0.15, -0.1) is 0 Å². The molecule has 1 N–H and O–H groups in total. The van der Waals surface area contributed by atoms with Gasteiger partial charge in [0.25, 0.3) is 0 Å². The second-order valence-electron chi connectivity index (χ2n) is 5.48. The Morgan fingerprint density at radius 2 is 1.81 bits per heavy atom. The van der Waals surface area contributed by atoms with Gasteiger partial charge in [-0.3, -0.25) is 9.10 Å². The molecule has 27 heavy (non-hydrogen) atoms. The first-order chi connectivity index (χ1) is 12.7. The molecule has 0 saturated carbocycles. The van der Waals surface area contributed by atoms with E-state index in [9.17, 15) is 13.2 Å². The van der Waals surface area contributed by atoms with Crippen molar-refractivity contribution in [1.29, 1.82) is 0 Å². The molecule has 0 aliphatic heterocycles. The van der Waals surface area contributed by atoms with Crippen LogP contribution in [0.25, 0.3) is 0 Å². The number of nitrogens with zero attached hydrogens (tertiary/aromatic N) is 1. The van der Waals surface area contributed by atoms with Crippen LogP contribution in [-0.2, 0) is 14.8 Å². The van der Waals surface area contributed by atoms with E-state index in [0.29, 0.717) is 10.8 Å². The van der Waals surface area contributed by atoms with Gasteiger partial charge in [0.1, 0.15) is 18.0 Å². The number of rotatable bonds is 7. The van der Waals surface area contributed by atoms with E-state index in [1.165, 1.54) is 38.5 Å². The fourth-order valence-corrected chi connectivity index (χ4v) is 3.48. The Bertz CT molecular complexity index is 950. The van der Waals surface area contributed by atoms with Gasteiger partial charge in [-0.1, -0.05) is 23.2 Å². The van der Waals surface area contributed by atoms with E-state index < -0.39 is 22.5 Å². The fourth-order valence-electron chi connectivity index (χ4n) is 2.29. The summed E-state index contributed by atoms with van der Waals surface area (Å²) in [6, 6.07) is 9.17. The predicted octanol–water partition coefficient (Wildman–Crippen LogP) is 3.42. The molecule has 0 heterocycles. The summed E-state index contributed by atoms with van der Waals surface area (Å²) in [4.78, 5) is 12.4. The summed E-state index contributed by atoms with van der Waals surface area (Å²) >= 11 is 11.9. The fraction of sp³-hybridized carbons (Fsp3) is 0.235. The Hall–Kier alpha value is -2.16. The topological polar surface area (TPSA) is 84.9 Å². The summed E-state index contributed by atoms with van der Waals surface area (Å²) in [6.45, 7) is -0.482. The molecule has 0 atom stereocenters. The average Bonchev–Trinajstić information content (AvgIpc) is 2.61. The van der Waals surface area contributed by atoms with Crippen LogP contribution in [0.15, 0.2) is 36.4 Å². The summed E-state index contributed by atoms with van der Waals surface area (Å²) in [5.74, 6) is 0.134. The first kappa shape index (κ1) is 21.1. The number of methoxy groups -OCH3 is 2. The van der Waals surface area contributed by atoms with Crippen molar-refractivity contribution in [1.82, 2.24) is 0 Å². The van der Waals surface area contributed by atoms with Gasteiger partial charge >= 0.3 is 0 Å². The summed E-state index contributed by atoms with van der Waals surface area (Å²) in [6.07, 6.45) is 0.996. The number of halogens is 2. The van der Waals surface area contributed by atoms with E-state index in [-0.39, 0.29) is 22.1 Å². The zero-order chi connectivity index (χ0) is 20.2. The molecule has 0 bridgehead atoms. The van der Waals surface area contributed by atoms with Crippen molar-refractivity contribution in [2.24, 2.45) is 0 Å². The standard InChI is InChI=1S/C17H18Cl2N2O5S/c1-25-12-5-7-15(16(9-12)26-2)21(27(3,23)24)10-17(22)20-14-8-11(18)4-6-13(14)19/h4-9H,10H2,1-3H3,(H,20,22). The van der Waals surface area contributed by atoms with E-state index in [2.05, 4.69) is 5.32 Å². The zero-order valence-electron chi connectivity index (χ0n) is 14.8. The van der Waals surface area contributed by atoms with Gasteiger partial charge in [-0.2, -0.15) is 0 Å². The second-order valence-corrected chi connectivity index (χ2v) is 8.23. The van der Waals surface area contributed by atoms with Gasteiger partial charge in [0.2, 0.25) is 15.9 Å². The molecule has 2 aromatic rings. The SMILES string of the molecule is COc1ccc(N(CC(=O)Nc2cc(Cl)ccc2Cl)S(C)(=O)=O)c(OC)c1. The van der Waals surface area contributed by atoms with Crippen molar-refractivity contribution in [3.8, 4) is 11.5 Å². The minimum Gasteiger partial charge on any atom is -0.497 e. The monoisotopic (exact) mass is 432 g/mol. The Kier molecular flexibility index (Phi) is 6.80. The van der Waals surface area contributed by atoms with Crippen LogP contribution < -0.4 is 19.1 Å². The Morgan fingerprint density at radius 3 is 2.41 bits per heavy atom.